The van der Waals surface area contributed by atoms with Gasteiger partial charge in [0.05, 0.1) is 9.81 Å². The fourth-order valence-electron chi connectivity index (χ4n) is 4.59. The maximum atomic E-state index is 13.4. The lowest BCUT2D eigenvalue weighted by Gasteiger charge is -2.33. The van der Waals surface area contributed by atoms with Crippen LogP contribution in [-0.4, -0.2) is 8.42 Å². The number of hydrogen-bond donors (Lipinski definition) is 0. The Kier molecular flexibility index (Phi) is 4.34. The van der Waals surface area contributed by atoms with Crippen LogP contribution in [0.5, 0.6) is 0 Å². The van der Waals surface area contributed by atoms with E-state index >= 15 is 0 Å². The number of allylic oxidation sites excluding steroid dienone is 6. The fourth-order valence-corrected chi connectivity index (χ4v) is 6.82. The third kappa shape index (κ3) is 3.40. The Hall–Kier alpha value is -1.09. The van der Waals surface area contributed by atoms with Crippen molar-refractivity contribution < 1.29 is 8.42 Å². The molecule has 2 rings (SSSR count). The second kappa shape index (κ2) is 5.47. The summed E-state index contributed by atoms with van der Waals surface area (Å²) in [5, 5.41) is 0. The topological polar surface area (TPSA) is 34.1 Å². The van der Waals surface area contributed by atoms with E-state index in [9.17, 15) is 8.42 Å². The molecule has 0 aromatic carbocycles. The van der Waals surface area contributed by atoms with E-state index in [4.69, 9.17) is 0 Å². The van der Waals surface area contributed by atoms with Crippen molar-refractivity contribution in [3.05, 3.63) is 44.3 Å². The quantitative estimate of drug-likeness (QED) is 0.649. The summed E-state index contributed by atoms with van der Waals surface area (Å²) in [4.78, 5) is 1.08. The first-order valence-corrected chi connectivity index (χ1v) is 9.79. The summed E-state index contributed by atoms with van der Waals surface area (Å²) in [5.41, 5.74) is 3.78. The molecule has 0 aromatic rings. The first-order chi connectivity index (χ1) is 10.3. The van der Waals surface area contributed by atoms with E-state index in [0.29, 0.717) is 9.81 Å². The minimum Gasteiger partial charge on any atom is -0.218 e. The molecule has 0 bridgehead atoms. The molecular formula is C20H30O2S. The smallest absolute Gasteiger partial charge is 0.206 e. The van der Waals surface area contributed by atoms with E-state index in [2.05, 4.69) is 39.8 Å². The highest BCUT2D eigenvalue weighted by atomic mass is 32.2. The minimum atomic E-state index is -3.46. The Morgan fingerprint density at radius 2 is 1.04 bits per heavy atom. The van der Waals surface area contributed by atoms with Crippen LogP contribution in [0.2, 0.25) is 0 Å². The monoisotopic (exact) mass is 334 g/mol. The van der Waals surface area contributed by atoms with Crippen molar-refractivity contribution in [3.63, 3.8) is 0 Å². The average Bonchev–Trinajstić information content (AvgIpc) is 2.20. The van der Waals surface area contributed by atoms with Crippen molar-refractivity contribution in [1.29, 1.82) is 0 Å². The van der Waals surface area contributed by atoms with Crippen LogP contribution < -0.4 is 0 Å². The lowest BCUT2D eigenvalue weighted by atomic mass is 9.80. The van der Waals surface area contributed by atoms with Crippen molar-refractivity contribution in [3.8, 4) is 0 Å². The molecule has 23 heavy (non-hydrogen) atoms. The van der Waals surface area contributed by atoms with E-state index in [1.165, 1.54) is 0 Å². The zero-order valence-corrected chi connectivity index (χ0v) is 16.6. The summed E-state index contributed by atoms with van der Waals surface area (Å²) >= 11 is 0. The molecule has 0 heterocycles. The van der Waals surface area contributed by atoms with Crippen LogP contribution in [0.3, 0.4) is 0 Å². The highest BCUT2D eigenvalue weighted by Crippen LogP contribution is 2.45. The molecule has 2 aliphatic carbocycles. The van der Waals surface area contributed by atoms with Gasteiger partial charge in [0.2, 0.25) is 9.84 Å². The average molecular weight is 335 g/mol. The van der Waals surface area contributed by atoms with Crippen molar-refractivity contribution in [1.82, 2.24) is 0 Å². The van der Waals surface area contributed by atoms with Crippen molar-refractivity contribution >= 4 is 9.84 Å². The Labute approximate surface area is 142 Å². The van der Waals surface area contributed by atoms with Crippen LogP contribution in [0.4, 0.5) is 0 Å². The molecule has 0 aliphatic heterocycles. The number of rotatable bonds is 2. The lowest BCUT2D eigenvalue weighted by molar-refractivity contribution is 0.463. The van der Waals surface area contributed by atoms with Gasteiger partial charge in [-0.25, -0.2) is 8.42 Å². The summed E-state index contributed by atoms with van der Waals surface area (Å²) in [5.74, 6) is 0. The summed E-state index contributed by atoms with van der Waals surface area (Å²) in [6, 6.07) is 0. The van der Waals surface area contributed by atoms with Crippen molar-refractivity contribution in [2.24, 2.45) is 10.8 Å². The fraction of sp³-hybridized carbons (Fsp3) is 0.600. The molecule has 0 radical (unpaired) electrons. The van der Waals surface area contributed by atoms with Crippen LogP contribution >= 0.6 is 0 Å². The molecule has 3 heteroatoms. The third-order valence-electron chi connectivity index (χ3n) is 4.69. The van der Waals surface area contributed by atoms with Crippen LogP contribution in [-0.2, 0) is 9.84 Å². The molecule has 0 saturated heterocycles. The molecule has 2 aliphatic rings. The van der Waals surface area contributed by atoms with E-state index in [1.807, 2.05) is 27.7 Å². The normalized spacial score (nSPS) is 24.5. The zero-order chi connectivity index (χ0) is 17.8. The lowest BCUT2D eigenvalue weighted by Crippen LogP contribution is -2.23. The van der Waals surface area contributed by atoms with Gasteiger partial charge in [0.1, 0.15) is 0 Å². The standard InChI is InChI=1S/C20H30O2S/c1-13-9-19(5,6)10-14(2)17(13)23(21,22)18-15(3)11-20(7,8)12-16(18)4/h9,11H,10,12H2,1-8H3. The Balaban J connectivity index is 2.61. The van der Waals surface area contributed by atoms with E-state index in [-0.39, 0.29) is 10.8 Å². The molecule has 0 saturated carbocycles. The van der Waals surface area contributed by atoms with Gasteiger partial charge in [-0.15, -0.1) is 0 Å². The zero-order valence-electron chi connectivity index (χ0n) is 15.8. The molecular weight excluding hydrogens is 304 g/mol. The van der Waals surface area contributed by atoms with Gasteiger partial charge >= 0.3 is 0 Å². The van der Waals surface area contributed by atoms with Gasteiger partial charge in [-0.2, -0.15) is 0 Å². The van der Waals surface area contributed by atoms with Crippen LogP contribution in [0, 0.1) is 10.8 Å². The van der Waals surface area contributed by atoms with Crippen LogP contribution in [0.15, 0.2) is 44.3 Å². The molecule has 0 spiro atoms. The predicted molar refractivity (Wildman–Crippen MR) is 98.6 cm³/mol. The molecule has 0 atom stereocenters. The molecule has 0 N–H and O–H groups in total. The highest BCUT2D eigenvalue weighted by Gasteiger charge is 2.36. The van der Waals surface area contributed by atoms with Crippen molar-refractivity contribution in [2.75, 3.05) is 0 Å². The predicted octanol–water partition coefficient (Wildman–Crippen LogP) is 5.70. The molecule has 0 unspecified atom stereocenters. The van der Waals surface area contributed by atoms with Gasteiger partial charge in [-0.1, -0.05) is 51.0 Å². The highest BCUT2D eigenvalue weighted by molar-refractivity contribution is 7.99. The second-order valence-electron chi connectivity index (χ2n) is 8.71. The van der Waals surface area contributed by atoms with Crippen molar-refractivity contribution in [2.45, 2.75) is 68.2 Å². The SMILES string of the molecule is CC1=CC(C)(C)CC(C)=C1S(=O)(=O)C1=C(C)CC(C)(C)C=C1C. The third-order valence-corrected chi connectivity index (χ3v) is 7.10. The molecule has 0 fully saturated rings. The Morgan fingerprint density at radius 1 is 0.739 bits per heavy atom. The number of sulfone groups is 1. The molecule has 0 amide bonds. The summed E-state index contributed by atoms with van der Waals surface area (Å²) in [7, 11) is -3.46. The van der Waals surface area contributed by atoms with Gasteiger partial charge < -0.3 is 0 Å². The number of hydrogen-bond acceptors (Lipinski definition) is 2. The molecule has 128 valence electrons. The van der Waals surface area contributed by atoms with Crippen LogP contribution in [0.25, 0.3) is 0 Å². The minimum absolute atomic E-state index is 0.0239. The maximum Gasteiger partial charge on any atom is 0.206 e. The first-order valence-electron chi connectivity index (χ1n) is 8.31. The first kappa shape index (κ1) is 18.3. The van der Waals surface area contributed by atoms with Gasteiger partial charge in [0.25, 0.3) is 0 Å². The van der Waals surface area contributed by atoms with Gasteiger partial charge in [-0.3, -0.25) is 0 Å². The maximum absolute atomic E-state index is 13.4. The van der Waals surface area contributed by atoms with E-state index in [1.54, 1.807) is 0 Å². The largest absolute Gasteiger partial charge is 0.218 e. The molecule has 2 nitrogen and oxygen atoms in total. The summed E-state index contributed by atoms with van der Waals surface area (Å²) in [6.45, 7) is 16.4. The Morgan fingerprint density at radius 3 is 1.30 bits per heavy atom. The van der Waals surface area contributed by atoms with Crippen LogP contribution in [0.1, 0.15) is 68.2 Å². The summed E-state index contributed by atoms with van der Waals surface area (Å²) in [6.07, 6.45) is 5.79. The molecule has 0 aromatic heterocycles. The second-order valence-corrected chi connectivity index (χ2v) is 10.5. The van der Waals surface area contributed by atoms with E-state index in [0.717, 1.165) is 35.1 Å². The van der Waals surface area contributed by atoms with Gasteiger partial charge in [0.15, 0.2) is 0 Å². The van der Waals surface area contributed by atoms with Gasteiger partial charge in [-0.05, 0) is 62.5 Å². The van der Waals surface area contributed by atoms with E-state index < -0.39 is 9.84 Å². The summed E-state index contributed by atoms with van der Waals surface area (Å²) < 4.78 is 26.8. The Bertz CT molecular complexity index is 706. The van der Waals surface area contributed by atoms with Gasteiger partial charge in [0, 0.05) is 0 Å².